The first kappa shape index (κ1) is 13.2. The highest BCUT2D eigenvalue weighted by Crippen LogP contribution is 2.32. The Morgan fingerprint density at radius 1 is 1.37 bits per heavy atom. The highest BCUT2D eigenvalue weighted by Gasteiger charge is 2.22. The SMILES string of the molecule is Clc1cc(CC2CNCCO2)ccc1OCC1CC1. The number of morpholine rings is 1. The molecule has 1 atom stereocenters. The van der Waals surface area contributed by atoms with Crippen molar-refractivity contribution in [2.45, 2.75) is 25.4 Å². The average molecular weight is 282 g/mol. The lowest BCUT2D eigenvalue weighted by molar-refractivity contribution is 0.0292. The zero-order valence-corrected chi connectivity index (χ0v) is 11.8. The van der Waals surface area contributed by atoms with E-state index in [0.717, 1.165) is 44.4 Å². The van der Waals surface area contributed by atoms with Gasteiger partial charge in [-0.25, -0.2) is 0 Å². The molecule has 1 N–H and O–H groups in total. The minimum atomic E-state index is 0.253. The third-order valence-corrected chi connectivity index (χ3v) is 3.93. The van der Waals surface area contributed by atoms with Crippen LogP contribution in [-0.2, 0) is 11.2 Å². The predicted molar refractivity (Wildman–Crippen MR) is 76.0 cm³/mol. The Kier molecular flexibility index (Phi) is 4.26. The minimum absolute atomic E-state index is 0.253. The number of halogens is 1. The van der Waals surface area contributed by atoms with Crippen molar-refractivity contribution in [3.8, 4) is 5.75 Å². The van der Waals surface area contributed by atoms with Gasteiger partial charge in [-0.1, -0.05) is 17.7 Å². The second-order valence-corrected chi connectivity index (χ2v) is 5.83. The lowest BCUT2D eigenvalue weighted by Gasteiger charge is -2.23. The zero-order valence-electron chi connectivity index (χ0n) is 11.0. The normalized spacial score (nSPS) is 23.3. The molecule has 2 aliphatic rings. The first-order valence-corrected chi connectivity index (χ1v) is 7.42. The third kappa shape index (κ3) is 3.85. The third-order valence-electron chi connectivity index (χ3n) is 3.64. The van der Waals surface area contributed by atoms with E-state index in [2.05, 4.69) is 11.4 Å². The molecule has 1 aromatic carbocycles. The summed E-state index contributed by atoms with van der Waals surface area (Å²) in [4.78, 5) is 0. The molecule has 104 valence electrons. The van der Waals surface area contributed by atoms with Gasteiger partial charge in [0, 0.05) is 13.1 Å². The van der Waals surface area contributed by atoms with E-state index < -0.39 is 0 Å². The molecule has 1 saturated carbocycles. The standard InChI is InChI=1S/C15H20ClNO2/c16-14-8-12(7-13-9-17-5-6-18-13)3-4-15(14)19-10-11-1-2-11/h3-4,8,11,13,17H,1-2,5-7,9-10H2. The van der Waals surface area contributed by atoms with E-state index in [-0.39, 0.29) is 6.10 Å². The Morgan fingerprint density at radius 3 is 2.95 bits per heavy atom. The highest BCUT2D eigenvalue weighted by atomic mass is 35.5. The molecule has 0 spiro atoms. The molecule has 3 rings (SSSR count). The van der Waals surface area contributed by atoms with Crippen molar-refractivity contribution in [2.24, 2.45) is 5.92 Å². The maximum atomic E-state index is 6.27. The summed E-state index contributed by atoms with van der Waals surface area (Å²) in [6.07, 6.45) is 3.74. The summed E-state index contributed by atoms with van der Waals surface area (Å²) in [6.45, 7) is 3.46. The molecular weight excluding hydrogens is 262 g/mol. The Hall–Kier alpha value is -0.770. The van der Waals surface area contributed by atoms with Crippen LogP contribution in [0.4, 0.5) is 0 Å². The topological polar surface area (TPSA) is 30.5 Å². The summed E-state index contributed by atoms with van der Waals surface area (Å²) in [5.41, 5.74) is 1.21. The fraction of sp³-hybridized carbons (Fsp3) is 0.600. The molecule has 19 heavy (non-hydrogen) atoms. The molecule has 1 heterocycles. The fourth-order valence-electron chi connectivity index (χ4n) is 2.29. The molecule has 4 heteroatoms. The summed E-state index contributed by atoms with van der Waals surface area (Å²) in [5, 5.41) is 4.05. The van der Waals surface area contributed by atoms with E-state index in [4.69, 9.17) is 21.1 Å². The second kappa shape index (κ2) is 6.12. The predicted octanol–water partition coefficient (Wildman–Crippen LogP) is 2.66. The summed E-state index contributed by atoms with van der Waals surface area (Å²) < 4.78 is 11.4. The van der Waals surface area contributed by atoms with E-state index in [9.17, 15) is 0 Å². The molecule has 1 aromatic rings. The van der Waals surface area contributed by atoms with Crippen LogP contribution in [0.3, 0.4) is 0 Å². The molecule has 1 unspecified atom stereocenters. The number of hydrogen-bond acceptors (Lipinski definition) is 3. The van der Waals surface area contributed by atoms with Crippen molar-refractivity contribution < 1.29 is 9.47 Å². The van der Waals surface area contributed by atoms with Crippen LogP contribution in [-0.4, -0.2) is 32.4 Å². The van der Waals surface area contributed by atoms with Crippen molar-refractivity contribution in [2.75, 3.05) is 26.3 Å². The number of benzene rings is 1. The molecule has 1 aliphatic carbocycles. The van der Waals surface area contributed by atoms with E-state index in [1.807, 2.05) is 12.1 Å². The van der Waals surface area contributed by atoms with Crippen LogP contribution in [0.15, 0.2) is 18.2 Å². The molecule has 0 radical (unpaired) electrons. The quantitative estimate of drug-likeness (QED) is 0.900. The van der Waals surface area contributed by atoms with Gasteiger partial charge in [-0.05, 0) is 42.9 Å². The number of rotatable bonds is 5. The minimum Gasteiger partial charge on any atom is -0.492 e. The molecule has 0 aromatic heterocycles. The Bertz CT molecular complexity index is 428. The first-order valence-electron chi connectivity index (χ1n) is 7.05. The first-order chi connectivity index (χ1) is 9.31. The zero-order chi connectivity index (χ0) is 13.1. The average Bonchev–Trinajstić information content (AvgIpc) is 3.23. The molecule has 2 fully saturated rings. The van der Waals surface area contributed by atoms with Gasteiger partial charge < -0.3 is 14.8 Å². The Labute approximate surface area is 119 Å². The summed E-state index contributed by atoms with van der Waals surface area (Å²) in [5.74, 6) is 1.55. The van der Waals surface area contributed by atoms with Crippen LogP contribution in [0.2, 0.25) is 5.02 Å². The van der Waals surface area contributed by atoms with Crippen LogP contribution in [0.5, 0.6) is 5.75 Å². The number of ether oxygens (including phenoxy) is 2. The van der Waals surface area contributed by atoms with Gasteiger partial charge in [0.25, 0.3) is 0 Å². The van der Waals surface area contributed by atoms with Gasteiger partial charge in [-0.3, -0.25) is 0 Å². The second-order valence-electron chi connectivity index (χ2n) is 5.42. The van der Waals surface area contributed by atoms with E-state index in [1.165, 1.54) is 18.4 Å². The monoisotopic (exact) mass is 281 g/mol. The number of nitrogens with one attached hydrogen (secondary N) is 1. The maximum absolute atomic E-state index is 6.27. The van der Waals surface area contributed by atoms with Crippen molar-refractivity contribution in [3.63, 3.8) is 0 Å². The van der Waals surface area contributed by atoms with Crippen LogP contribution in [0.25, 0.3) is 0 Å². The van der Waals surface area contributed by atoms with Gasteiger partial charge in [0.1, 0.15) is 5.75 Å². The van der Waals surface area contributed by atoms with Crippen LogP contribution in [0.1, 0.15) is 18.4 Å². The molecule has 3 nitrogen and oxygen atoms in total. The van der Waals surface area contributed by atoms with Crippen molar-refractivity contribution >= 4 is 11.6 Å². The Morgan fingerprint density at radius 2 is 2.26 bits per heavy atom. The van der Waals surface area contributed by atoms with Crippen molar-refractivity contribution in [1.82, 2.24) is 5.32 Å². The van der Waals surface area contributed by atoms with Crippen molar-refractivity contribution in [3.05, 3.63) is 28.8 Å². The van der Waals surface area contributed by atoms with E-state index in [0.29, 0.717) is 5.02 Å². The Balaban J connectivity index is 1.57. The van der Waals surface area contributed by atoms with Gasteiger partial charge in [-0.2, -0.15) is 0 Å². The fourth-order valence-corrected chi connectivity index (χ4v) is 2.55. The molecule has 0 bridgehead atoms. The molecule has 1 aliphatic heterocycles. The van der Waals surface area contributed by atoms with Crippen LogP contribution >= 0.6 is 11.6 Å². The summed E-state index contributed by atoms with van der Waals surface area (Å²) in [6, 6.07) is 6.07. The molecular formula is C15H20ClNO2. The lowest BCUT2D eigenvalue weighted by atomic mass is 10.1. The van der Waals surface area contributed by atoms with Gasteiger partial charge in [0.05, 0.1) is 24.3 Å². The molecule has 1 saturated heterocycles. The van der Waals surface area contributed by atoms with Gasteiger partial charge >= 0.3 is 0 Å². The molecule has 0 amide bonds. The summed E-state index contributed by atoms with van der Waals surface area (Å²) >= 11 is 6.27. The number of hydrogen-bond donors (Lipinski definition) is 1. The van der Waals surface area contributed by atoms with Gasteiger partial charge in [0.15, 0.2) is 0 Å². The van der Waals surface area contributed by atoms with Gasteiger partial charge in [0.2, 0.25) is 0 Å². The van der Waals surface area contributed by atoms with Crippen LogP contribution < -0.4 is 10.1 Å². The van der Waals surface area contributed by atoms with Gasteiger partial charge in [-0.15, -0.1) is 0 Å². The largest absolute Gasteiger partial charge is 0.492 e. The van der Waals surface area contributed by atoms with Crippen molar-refractivity contribution in [1.29, 1.82) is 0 Å². The summed E-state index contributed by atoms with van der Waals surface area (Å²) in [7, 11) is 0. The van der Waals surface area contributed by atoms with E-state index >= 15 is 0 Å². The lowest BCUT2D eigenvalue weighted by Crippen LogP contribution is -2.39. The maximum Gasteiger partial charge on any atom is 0.137 e. The highest BCUT2D eigenvalue weighted by molar-refractivity contribution is 6.32. The van der Waals surface area contributed by atoms with E-state index in [1.54, 1.807) is 0 Å². The smallest absolute Gasteiger partial charge is 0.137 e. The van der Waals surface area contributed by atoms with Crippen LogP contribution in [0, 0.1) is 5.92 Å².